The van der Waals surface area contributed by atoms with Gasteiger partial charge in [-0.3, -0.25) is 4.98 Å². The van der Waals surface area contributed by atoms with E-state index in [4.69, 9.17) is 5.73 Å². The van der Waals surface area contributed by atoms with Crippen LogP contribution in [-0.4, -0.2) is 12.0 Å². The molecule has 1 unspecified atom stereocenters. The summed E-state index contributed by atoms with van der Waals surface area (Å²) in [5.74, 6) is -0.208. The van der Waals surface area contributed by atoms with Crippen LogP contribution in [0.2, 0.25) is 0 Å². The van der Waals surface area contributed by atoms with E-state index in [-0.39, 0.29) is 11.9 Å². The fraction of sp³-hybridized carbons (Fsp3) is 0.214. The molecule has 0 radical (unpaired) electrons. The minimum Gasteiger partial charge on any atom is -0.398 e. The van der Waals surface area contributed by atoms with Gasteiger partial charge in [-0.1, -0.05) is 18.2 Å². The number of rotatable bonds is 3. The largest absolute Gasteiger partial charge is 0.398 e. The smallest absolute Gasteiger partial charge is 0.131 e. The van der Waals surface area contributed by atoms with Crippen molar-refractivity contribution in [2.24, 2.45) is 0 Å². The first-order chi connectivity index (χ1) is 8.65. The van der Waals surface area contributed by atoms with Gasteiger partial charge in [0.05, 0.1) is 6.04 Å². The van der Waals surface area contributed by atoms with Crippen molar-refractivity contribution in [2.45, 2.75) is 13.0 Å². The first-order valence-electron chi connectivity index (χ1n) is 5.76. The molecule has 0 saturated heterocycles. The van der Waals surface area contributed by atoms with Gasteiger partial charge in [-0.25, -0.2) is 4.39 Å². The molecule has 1 aromatic heterocycles. The quantitative estimate of drug-likeness (QED) is 0.873. The zero-order valence-electron chi connectivity index (χ0n) is 10.4. The minimum atomic E-state index is -0.293. The number of benzene rings is 1. The summed E-state index contributed by atoms with van der Waals surface area (Å²) in [5, 5.41) is 3.08. The molecule has 0 amide bonds. The predicted octanol–water partition coefficient (Wildman–Crippen LogP) is 2.42. The Morgan fingerprint density at radius 3 is 2.72 bits per heavy atom. The highest BCUT2D eigenvalue weighted by Gasteiger charge is 2.19. The number of hydrogen-bond donors (Lipinski definition) is 2. The van der Waals surface area contributed by atoms with Crippen molar-refractivity contribution in [3.63, 3.8) is 0 Å². The Morgan fingerprint density at radius 1 is 1.28 bits per heavy atom. The van der Waals surface area contributed by atoms with Gasteiger partial charge in [0.1, 0.15) is 5.82 Å². The van der Waals surface area contributed by atoms with Crippen LogP contribution in [0.4, 0.5) is 10.1 Å². The van der Waals surface area contributed by atoms with Crippen molar-refractivity contribution in [3.05, 3.63) is 59.2 Å². The van der Waals surface area contributed by atoms with Crippen LogP contribution in [0.25, 0.3) is 0 Å². The van der Waals surface area contributed by atoms with Crippen LogP contribution in [0.3, 0.4) is 0 Å². The van der Waals surface area contributed by atoms with Crippen LogP contribution in [-0.2, 0) is 0 Å². The van der Waals surface area contributed by atoms with Gasteiger partial charge in [-0.2, -0.15) is 0 Å². The second-order valence-electron chi connectivity index (χ2n) is 4.20. The Kier molecular flexibility index (Phi) is 3.58. The van der Waals surface area contributed by atoms with E-state index in [1.54, 1.807) is 44.6 Å². The van der Waals surface area contributed by atoms with E-state index in [1.165, 1.54) is 0 Å². The lowest BCUT2D eigenvalue weighted by Crippen LogP contribution is -2.20. The van der Waals surface area contributed by atoms with Crippen LogP contribution in [0.5, 0.6) is 0 Å². The molecule has 0 fully saturated rings. The molecule has 94 valence electrons. The number of hydrogen-bond acceptors (Lipinski definition) is 3. The number of nitrogens with zero attached hydrogens (tertiary/aromatic N) is 1. The van der Waals surface area contributed by atoms with Gasteiger partial charge >= 0.3 is 0 Å². The van der Waals surface area contributed by atoms with Crippen LogP contribution in [0, 0.1) is 12.7 Å². The summed E-state index contributed by atoms with van der Waals surface area (Å²) < 4.78 is 14.2. The van der Waals surface area contributed by atoms with Crippen molar-refractivity contribution >= 4 is 5.69 Å². The summed E-state index contributed by atoms with van der Waals surface area (Å²) in [7, 11) is 1.78. The summed E-state index contributed by atoms with van der Waals surface area (Å²) in [5.41, 5.74) is 8.51. The third-order valence-electron chi connectivity index (χ3n) is 3.02. The summed E-state index contributed by atoms with van der Waals surface area (Å²) in [6.45, 7) is 1.75. The number of aryl methyl sites for hydroxylation is 1. The van der Waals surface area contributed by atoms with E-state index in [0.717, 1.165) is 5.56 Å². The summed E-state index contributed by atoms with van der Waals surface area (Å²) >= 11 is 0. The highest BCUT2D eigenvalue weighted by atomic mass is 19.1. The van der Waals surface area contributed by atoms with Gasteiger partial charge in [-0.05, 0) is 25.6 Å². The number of aromatic nitrogens is 1. The standard InChI is InChI=1S/C14H16FN3/c1-9-4-3-5-10(13(9)15)14(17-2)11-8-18-7-6-12(11)16/h3-8,14,17H,1-2H3,(H2,16,18). The van der Waals surface area contributed by atoms with E-state index in [0.29, 0.717) is 16.8 Å². The maximum Gasteiger partial charge on any atom is 0.131 e. The molecule has 3 N–H and O–H groups in total. The zero-order chi connectivity index (χ0) is 13.1. The SMILES string of the molecule is CNC(c1cnccc1N)c1cccc(C)c1F. The molecule has 2 rings (SSSR count). The molecule has 2 aromatic rings. The van der Waals surface area contributed by atoms with E-state index < -0.39 is 0 Å². The topological polar surface area (TPSA) is 50.9 Å². The fourth-order valence-electron chi connectivity index (χ4n) is 2.03. The number of halogens is 1. The van der Waals surface area contributed by atoms with Crippen LogP contribution in [0.15, 0.2) is 36.7 Å². The average Bonchev–Trinajstić information content (AvgIpc) is 2.37. The number of nitrogens with one attached hydrogen (secondary N) is 1. The number of anilines is 1. The Labute approximate surface area is 106 Å². The first kappa shape index (κ1) is 12.5. The van der Waals surface area contributed by atoms with Crippen molar-refractivity contribution in [2.75, 3.05) is 12.8 Å². The third-order valence-corrected chi connectivity index (χ3v) is 3.02. The van der Waals surface area contributed by atoms with Crippen molar-refractivity contribution in [1.29, 1.82) is 0 Å². The molecule has 0 aliphatic rings. The van der Waals surface area contributed by atoms with Crippen molar-refractivity contribution < 1.29 is 4.39 Å². The van der Waals surface area contributed by atoms with Crippen LogP contribution in [0.1, 0.15) is 22.7 Å². The highest BCUT2D eigenvalue weighted by molar-refractivity contribution is 5.50. The van der Waals surface area contributed by atoms with Gasteiger partial charge in [0.25, 0.3) is 0 Å². The summed E-state index contributed by atoms with van der Waals surface area (Å²) in [4.78, 5) is 4.05. The molecule has 4 heteroatoms. The van der Waals surface area contributed by atoms with E-state index in [2.05, 4.69) is 10.3 Å². The predicted molar refractivity (Wildman–Crippen MR) is 70.7 cm³/mol. The molecule has 1 atom stereocenters. The van der Waals surface area contributed by atoms with E-state index in [1.807, 2.05) is 6.07 Å². The Hall–Kier alpha value is -1.94. The highest BCUT2D eigenvalue weighted by Crippen LogP contribution is 2.28. The number of pyridine rings is 1. The number of nitrogen functional groups attached to an aromatic ring is 1. The van der Waals surface area contributed by atoms with E-state index >= 15 is 0 Å². The number of nitrogens with two attached hydrogens (primary N) is 1. The Bertz CT molecular complexity index is 554. The maximum absolute atomic E-state index is 14.2. The van der Waals surface area contributed by atoms with Crippen LogP contribution >= 0.6 is 0 Å². The fourth-order valence-corrected chi connectivity index (χ4v) is 2.03. The first-order valence-corrected chi connectivity index (χ1v) is 5.76. The normalized spacial score (nSPS) is 12.4. The lowest BCUT2D eigenvalue weighted by Gasteiger charge is -2.19. The van der Waals surface area contributed by atoms with Gasteiger partial charge in [0.15, 0.2) is 0 Å². The maximum atomic E-state index is 14.2. The zero-order valence-corrected chi connectivity index (χ0v) is 10.4. The third kappa shape index (κ3) is 2.19. The van der Waals surface area contributed by atoms with Gasteiger partial charge in [-0.15, -0.1) is 0 Å². The van der Waals surface area contributed by atoms with Gasteiger partial charge in [0.2, 0.25) is 0 Å². The average molecular weight is 245 g/mol. The van der Waals surface area contributed by atoms with Crippen molar-refractivity contribution in [3.8, 4) is 0 Å². The molecule has 0 aliphatic heterocycles. The summed E-state index contributed by atoms with van der Waals surface area (Å²) in [6, 6.07) is 6.77. The van der Waals surface area contributed by atoms with Crippen molar-refractivity contribution in [1.82, 2.24) is 10.3 Å². The molecule has 0 spiro atoms. The molecule has 0 bridgehead atoms. The Morgan fingerprint density at radius 2 is 2.06 bits per heavy atom. The second-order valence-corrected chi connectivity index (χ2v) is 4.20. The van der Waals surface area contributed by atoms with Gasteiger partial charge < -0.3 is 11.1 Å². The molecule has 18 heavy (non-hydrogen) atoms. The van der Waals surface area contributed by atoms with E-state index in [9.17, 15) is 4.39 Å². The van der Waals surface area contributed by atoms with Gasteiger partial charge in [0, 0.05) is 29.2 Å². The lowest BCUT2D eigenvalue weighted by atomic mass is 9.97. The molecule has 3 nitrogen and oxygen atoms in total. The Balaban J connectivity index is 2.53. The van der Waals surface area contributed by atoms with Crippen LogP contribution < -0.4 is 11.1 Å². The lowest BCUT2D eigenvalue weighted by molar-refractivity contribution is 0.569. The molecular weight excluding hydrogens is 229 g/mol. The monoisotopic (exact) mass is 245 g/mol. The molecule has 0 saturated carbocycles. The second kappa shape index (κ2) is 5.14. The molecule has 1 aromatic carbocycles. The molecule has 1 heterocycles. The molecular formula is C14H16FN3. The molecule has 0 aliphatic carbocycles. The summed E-state index contributed by atoms with van der Waals surface area (Å²) in [6.07, 6.45) is 3.29. The minimum absolute atomic E-state index is 0.208.